The number of carbonyl (C=O) groups is 8. The Labute approximate surface area is 446 Å². The van der Waals surface area contributed by atoms with E-state index in [1.165, 1.54) is 62.6 Å². The Morgan fingerprint density at radius 2 is 1.70 bits per heavy atom. The minimum absolute atomic E-state index is 0.0438. The maximum atomic E-state index is 14.2. The van der Waals surface area contributed by atoms with Gasteiger partial charge in [-0.25, -0.2) is 20.4 Å². The lowest BCUT2D eigenvalue weighted by atomic mass is 9.90. The Balaban J connectivity index is 1.41. The number of anilines is 1. The number of aliphatic hydroxyl groups is 2. The smallest absolute Gasteiger partial charge is 0.410 e. The topological polar surface area (TPSA) is 340 Å². The van der Waals surface area contributed by atoms with E-state index in [4.69, 9.17) is 29.5 Å². The molecule has 3 heterocycles. The first-order valence-corrected chi connectivity index (χ1v) is 26.1. The van der Waals surface area contributed by atoms with Gasteiger partial charge in [0.1, 0.15) is 29.0 Å². The lowest BCUT2D eigenvalue weighted by Gasteiger charge is -2.41. The number of likely N-dealkylation sites (tertiary alicyclic amines) is 1. The van der Waals surface area contributed by atoms with Crippen LogP contribution in [0.1, 0.15) is 97.1 Å². The molecule has 2 aliphatic rings. The van der Waals surface area contributed by atoms with Crippen LogP contribution < -0.4 is 32.0 Å². The first-order chi connectivity index (χ1) is 35.9. The van der Waals surface area contributed by atoms with Gasteiger partial charge in [0, 0.05) is 65.7 Å². The monoisotopic (exact) mass is 1090 g/mol. The average molecular weight is 1090 g/mol. The van der Waals surface area contributed by atoms with E-state index in [0.29, 0.717) is 31.4 Å². The number of carboxylic acid groups (broad SMARTS) is 1. The zero-order chi connectivity index (χ0) is 56.6. The van der Waals surface area contributed by atoms with Crippen LogP contribution in [0.3, 0.4) is 0 Å². The number of aliphatic carboxylic acids is 1. The van der Waals surface area contributed by atoms with Gasteiger partial charge in [0.2, 0.25) is 41.7 Å². The van der Waals surface area contributed by atoms with Crippen molar-refractivity contribution < 1.29 is 77.4 Å². The van der Waals surface area contributed by atoms with Gasteiger partial charge in [-0.05, 0) is 49.3 Å². The second-order valence-corrected chi connectivity index (χ2v) is 20.8. The number of methoxy groups -OCH3 is 2. The number of hydrogen-bond donors (Lipinski definition) is 8. The summed E-state index contributed by atoms with van der Waals surface area (Å²) in [4.78, 5) is 114. The maximum Gasteiger partial charge on any atom is 0.410 e. The highest BCUT2D eigenvalue weighted by atomic mass is 32.1. The summed E-state index contributed by atoms with van der Waals surface area (Å²) < 4.78 is 28.7. The fourth-order valence-corrected chi connectivity index (χ4v) is 10.1. The van der Waals surface area contributed by atoms with Crippen molar-refractivity contribution in [3.63, 3.8) is 0 Å². The number of aromatic nitrogens is 1. The van der Waals surface area contributed by atoms with Gasteiger partial charge in [0.05, 0.1) is 61.5 Å². The number of likely N-dealkylation sites (N-methyl/N-ethyl adjacent to an activating group) is 2. The highest BCUT2D eigenvalue weighted by Gasteiger charge is 2.49. The molecule has 11 atom stereocenters. The highest BCUT2D eigenvalue weighted by molar-refractivity contribution is 7.09. The molecule has 0 bridgehead atoms. The van der Waals surface area contributed by atoms with Crippen LogP contribution in [0, 0.1) is 17.8 Å². The molecule has 11 unspecified atom stereocenters. The molecular formula is C50H77N9O16S. The van der Waals surface area contributed by atoms with Gasteiger partial charge in [0.15, 0.2) is 6.10 Å². The second-order valence-electron chi connectivity index (χ2n) is 19.8. The van der Waals surface area contributed by atoms with Gasteiger partial charge in [-0.2, -0.15) is 0 Å². The number of carboxylic acids is 1. The molecule has 9 N–H and O–H groups in total. The summed E-state index contributed by atoms with van der Waals surface area (Å²) in [5.41, 5.74) is 0.282. The largest absolute Gasteiger partial charge is 0.479 e. The Morgan fingerprint density at radius 3 is 2.30 bits per heavy atom. The molecule has 424 valence electrons. The molecule has 2 saturated heterocycles. The standard InChI is InChI=1S/C50H77N9O16S/c1-11-28(4)42(35(71-9)22-39(63)59-19-12-13-32(59)43(72-10)29(5)45(65)53-24-38-52-18-20-76-38)57(7)40(64)25-54-46(66)41(27(2)3)58(8)49(69)73-26-30-14-15-34(31(21-30)55-36(61)16-17-37(62)56-51)74-48-50(6,70)23-33(60)44(75-48)47(67)68/h14-15,18,20-21,27-29,32-33,35,41-44,48,60,70H,11-13,16-17,19,22-26,51H2,1-10H3,(H,53,65)(H,54,66)(H,55,61)(H,56,62)(H,67,68). The molecule has 1 aromatic carbocycles. The summed E-state index contributed by atoms with van der Waals surface area (Å²) in [5.74, 6) is -0.537. The molecule has 2 fully saturated rings. The lowest BCUT2D eigenvalue weighted by molar-refractivity contribution is -0.269. The molecule has 0 radical (unpaired) electrons. The maximum absolute atomic E-state index is 14.2. The molecule has 2 aromatic rings. The van der Waals surface area contributed by atoms with E-state index in [9.17, 15) is 53.7 Å². The van der Waals surface area contributed by atoms with Crippen molar-refractivity contribution in [1.82, 2.24) is 35.7 Å². The van der Waals surface area contributed by atoms with Crippen LogP contribution in [0.2, 0.25) is 0 Å². The van der Waals surface area contributed by atoms with Crippen LogP contribution in [0.4, 0.5) is 10.5 Å². The Hall–Kier alpha value is -6.03. The first kappa shape index (κ1) is 62.5. The molecule has 4 rings (SSSR count). The minimum atomic E-state index is -1.89. The quantitative estimate of drug-likeness (QED) is 0.0357. The van der Waals surface area contributed by atoms with E-state index in [2.05, 4.69) is 20.9 Å². The summed E-state index contributed by atoms with van der Waals surface area (Å²) >= 11 is 1.43. The van der Waals surface area contributed by atoms with Crippen molar-refractivity contribution in [2.75, 3.05) is 46.7 Å². The Kier molecular flexibility index (Phi) is 23.8. The van der Waals surface area contributed by atoms with Crippen molar-refractivity contribution in [3.05, 3.63) is 40.3 Å². The third-order valence-electron chi connectivity index (χ3n) is 13.9. The predicted octanol–water partition coefficient (Wildman–Crippen LogP) is 1.49. The Bertz CT molecular complexity index is 2310. The zero-order valence-electron chi connectivity index (χ0n) is 44.9. The van der Waals surface area contributed by atoms with Crippen LogP contribution >= 0.6 is 11.3 Å². The van der Waals surface area contributed by atoms with E-state index in [1.807, 2.05) is 24.7 Å². The number of amides is 7. The molecule has 76 heavy (non-hydrogen) atoms. The van der Waals surface area contributed by atoms with Crippen LogP contribution in [0.15, 0.2) is 29.8 Å². The number of nitrogens with one attached hydrogen (secondary N) is 4. The molecule has 7 amide bonds. The summed E-state index contributed by atoms with van der Waals surface area (Å²) in [6.07, 6.45) is -4.65. The average Bonchev–Trinajstić information content (AvgIpc) is 4.10. The Morgan fingerprint density at radius 1 is 1.00 bits per heavy atom. The van der Waals surface area contributed by atoms with Crippen LogP contribution in [0.25, 0.3) is 0 Å². The second kappa shape index (κ2) is 28.9. The normalized spacial score (nSPS) is 21.7. The van der Waals surface area contributed by atoms with Crippen molar-refractivity contribution >= 4 is 64.5 Å². The third-order valence-corrected chi connectivity index (χ3v) is 14.6. The number of nitrogens with two attached hydrogens (primary N) is 1. The fraction of sp³-hybridized carbons (Fsp3) is 0.660. The van der Waals surface area contributed by atoms with Crippen LogP contribution in [-0.4, -0.2) is 178 Å². The molecule has 0 saturated carbocycles. The highest BCUT2D eigenvalue weighted by Crippen LogP contribution is 2.35. The van der Waals surface area contributed by atoms with Gasteiger partial charge >= 0.3 is 12.1 Å². The van der Waals surface area contributed by atoms with Gasteiger partial charge < -0.3 is 64.8 Å². The fourth-order valence-electron chi connectivity index (χ4n) is 9.54. The van der Waals surface area contributed by atoms with E-state index in [0.717, 1.165) is 9.91 Å². The number of hydrazine groups is 1. The molecule has 2 aliphatic heterocycles. The van der Waals surface area contributed by atoms with Gasteiger partial charge in [-0.3, -0.25) is 39.1 Å². The van der Waals surface area contributed by atoms with E-state index in [-0.39, 0.29) is 61.0 Å². The summed E-state index contributed by atoms with van der Waals surface area (Å²) in [6, 6.07) is 2.06. The zero-order valence-corrected chi connectivity index (χ0v) is 45.8. The van der Waals surface area contributed by atoms with Crippen molar-refractivity contribution in [2.45, 2.75) is 154 Å². The van der Waals surface area contributed by atoms with Crippen LogP contribution in [0.5, 0.6) is 5.75 Å². The molecule has 26 heteroatoms. The number of rotatable bonds is 27. The van der Waals surface area contributed by atoms with Gasteiger partial charge in [-0.15, -0.1) is 11.3 Å². The van der Waals surface area contributed by atoms with E-state index < -0.39 is 115 Å². The molecule has 25 nitrogen and oxygen atoms in total. The number of thiazole rings is 1. The SMILES string of the molecule is CCC(C)C(C(CC(=O)N1CCCC1C(OC)C(C)C(=O)NCc1nccs1)OC)N(C)C(=O)CNC(=O)C(C(C)C)N(C)C(=O)OCc1ccc(OC2OC(C(=O)O)C(O)CC2(C)O)c(NC(=O)CCC(=O)NN)c1. The number of aliphatic hydroxyl groups excluding tert-OH is 1. The number of nitrogens with zero attached hydrogens (tertiary/aromatic N) is 4. The van der Waals surface area contributed by atoms with E-state index in [1.54, 1.807) is 38.9 Å². The van der Waals surface area contributed by atoms with E-state index >= 15 is 0 Å². The van der Waals surface area contributed by atoms with Crippen molar-refractivity contribution in [3.8, 4) is 5.75 Å². The number of benzene rings is 1. The lowest BCUT2D eigenvalue weighted by Crippen LogP contribution is -2.58. The molecular weight excluding hydrogens is 1010 g/mol. The third kappa shape index (κ3) is 16.7. The minimum Gasteiger partial charge on any atom is -0.479 e. The summed E-state index contributed by atoms with van der Waals surface area (Å²) in [5, 5.41) is 41.6. The molecule has 1 aromatic heterocycles. The number of hydrogen-bond acceptors (Lipinski definition) is 18. The first-order valence-electron chi connectivity index (χ1n) is 25.2. The van der Waals surface area contributed by atoms with Gasteiger partial charge in [0.25, 0.3) is 0 Å². The van der Waals surface area contributed by atoms with Crippen molar-refractivity contribution in [1.29, 1.82) is 0 Å². The summed E-state index contributed by atoms with van der Waals surface area (Å²) in [6.45, 7) is 10.2. The van der Waals surface area contributed by atoms with Crippen molar-refractivity contribution in [2.24, 2.45) is 23.6 Å². The number of ether oxygens (including phenoxy) is 5. The number of carbonyl (C=O) groups excluding carboxylic acids is 7. The summed E-state index contributed by atoms with van der Waals surface area (Å²) in [7, 11) is 5.94. The predicted molar refractivity (Wildman–Crippen MR) is 274 cm³/mol. The van der Waals surface area contributed by atoms with Crippen LogP contribution in [-0.2, 0) is 65.7 Å². The molecule has 0 spiro atoms. The van der Waals surface area contributed by atoms with Gasteiger partial charge in [-0.1, -0.05) is 47.1 Å². The molecule has 0 aliphatic carbocycles.